The molecule has 33 heavy (non-hydrogen) atoms. The normalized spacial score (nSPS) is 12.6. The molecule has 0 amide bonds. The van der Waals surface area contributed by atoms with Crippen LogP contribution in [0.1, 0.15) is 37.4 Å². The van der Waals surface area contributed by atoms with Gasteiger partial charge in [-0.05, 0) is 31.2 Å². The van der Waals surface area contributed by atoms with E-state index in [1.54, 1.807) is 24.3 Å². The number of para-hydroxylation sites is 1. The van der Waals surface area contributed by atoms with Crippen LogP contribution in [0.15, 0.2) is 78.9 Å². The molecule has 1 aromatic heterocycles. The molecule has 5 heteroatoms. The number of nitrogens with zero attached hydrogens (tertiary/aromatic N) is 1. The Balaban J connectivity index is 1.73. The van der Waals surface area contributed by atoms with E-state index >= 15 is 0 Å². The van der Waals surface area contributed by atoms with E-state index in [-0.39, 0.29) is 34.1 Å². The molecule has 5 nitrogen and oxygen atoms in total. The van der Waals surface area contributed by atoms with Gasteiger partial charge in [-0.3, -0.25) is 9.59 Å². The number of fused-ring (bicyclic) bond motifs is 5. The molecule has 0 radical (unpaired) electrons. The zero-order chi connectivity index (χ0) is 22.7. The molecule has 1 aliphatic carbocycles. The number of aryl methyl sites for hydroxylation is 1. The van der Waals surface area contributed by atoms with Gasteiger partial charge in [0.05, 0.1) is 27.8 Å². The Labute approximate surface area is 189 Å². The summed E-state index contributed by atoms with van der Waals surface area (Å²) in [6, 6.07) is 23.7. The van der Waals surface area contributed by atoms with E-state index < -0.39 is 0 Å². The first kappa shape index (κ1) is 19.2. The number of aromatic nitrogens is 1. The van der Waals surface area contributed by atoms with Gasteiger partial charge in [0.25, 0.3) is 0 Å². The molecular weight excluding hydrogens is 412 g/mol. The summed E-state index contributed by atoms with van der Waals surface area (Å²) in [4.78, 5) is 32.0. The molecular formula is C28H18N2O3. The van der Waals surface area contributed by atoms with Crippen LogP contribution in [0.2, 0.25) is 0 Å². The minimum Gasteiger partial charge on any atom is -0.505 e. The van der Waals surface area contributed by atoms with Crippen molar-refractivity contribution in [2.75, 3.05) is 5.32 Å². The molecule has 1 heterocycles. The number of anilines is 2. The van der Waals surface area contributed by atoms with Crippen LogP contribution in [0.5, 0.6) is 5.75 Å². The number of carbonyl (C=O) groups excluding carboxylic acids is 2. The van der Waals surface area contributed by atoms with E-state index in [0.29, 0.717) is 33.2 Å². The highest BCUT2D eigenvalue weighted by Gasteiger charge is 2.36. The number of hydrogen-bond donors (Lipinski definition) is 2. The first-order chi connectivity index (χ1) is 16.0. The zero-order valence-corrected chi connectivity index (χ0v) is 17.7. The van der Waals surface area contributed by atoms with Crippen molar-refractivity contribution >= 4 is 44.7 Å². The molecule has 4 aromatic carbocycles. The Morgan fingerprint density at radius 2 is 1.42 bits per heavy atom. The summed E-state index contributed by atoms with van der Waals surface area (Å²) in [6.45, 7) is 1.98. The Kier molecular flexibility index (Phi) is 4.07. The Bertz CT molecular complexity index is 1640. The van der Waals surface area contributed by atoms with Crippen LogP contribution in [-0.4, -0.2) is 21.7 Å². The average Bonchev–Trinajstić information content (AvgIpc) is 2.84. The van der Waals surface area contributed by atoms with Gasteiger partial charge >= 0.3 is 0 Å². The molecule has 158 valence electrons. The number of carbonyl (C=O) groups is 2. The van der Waals surface area contributed by atoms with Crippen molar-refractivity contribution in [1.82, 2.24) is 4.98 Å². The molecule has 0 fully saturated rings. The summed E-state index contributed by atoms with van der Waals surface area (Å²) in [5.74, 6) is -0.704. The fourth-order valence-corrected chi connectivity index (χ4v) is 4.48. The van der Waals surface area contributed by atoms with Crippen molar-refractivity contribution in [3.8, 4) is 5.75 Å². The van der Waals surface area contributed by atoms with E-state index in [0.717, 1.165) is 10.9 Å². The van der Waals surface area contributed by atoms with Gasteiger partial charge in [0, 0.05) is 27.6 Å². The summed E-state index contributed by atoms with van der Waals surface area (Å²) < 4.78 is 0. The van der Waals surface area contributed by atoms with Crippen molar-refractivity contribution in [1.29, 1.82) is 0 Å². The highest BCUT2D eigenvalue weighted by atomic mass is 16.3. The maximum atomic E-state index is 13.7. The Morgan fingerprint density at radius 1 is 0.788 bits per heavy atom. The number of hydrogen-bond acceptors (Lipinski definition) is 5. The lowest BCUT2D eigenvalue weighted by Crippen LogP contribution is -2.23. The second kappa shape index (κ2) is 7.00. The topological polar surface area (TPSA) is 79.3 Å². The average molecular weight is 430 g/mol. The SMILES string of the molecule is Cc1ccc(Nc2c3c(c4nc5ccccc5cc4c2O)C(=O)c2ccccc2C3=O)cc1. The van der Waals surface area contributed by atoms with E-state index in [9.17, 15) is 14.7 Å². The number of aromatic hydroxyl groups is 1. The number of ketones is 2. The van der Waals surface area contributed by atoms with E-state index in [2.05, 4.69) is 5.32 Å². The largest absolute Gasteiger partial charge is 0.505 e. The third kappa shape index (κ3) is 2.83. The lowest BCUT2D eigenvalue weighted by Gasteiger charge is -2.23. The van der Waals surface area contributed by atoms with E-state index in [1.807, 2.05) is 61.5 Å². The van der Waals surface area contributed by atoms with Gasteiger partial charge in [-0.15, -0.1) is 0 Å². The van der Waals surface area contributed by atoms with Crippen molar-refractivity contribution in [2.24, 2.45) is 0 Å². The van der Waals surface area contributed by atoms with Gasteiger partial charge in [-0.25, -0.2) is 4.98 Å². The molecule has 0 saturated heterocycles. The monoisotopic (exact) mass is 430 g/mol. The van der Waals surface area contributed by atoms with Gasteiger partial charge in [-0.2, -0.15) is 0 Å². The number of benzene rings is 4. The summed E-state index contributed by atoms with van der Waals surface area (Å²) in [7, 11) is 0. The van der Waals surface area contributed by atoms with Gasteiger partial charge < -0.3 is 10.4 Å². The lowest BCUT2D eigenvalue weighted by atomic mass is 9.81. The summed E-state index contributed by atoms with van der Waals surface area (Å²) in [5, 5.41) is 15.8. The second-order valence-electron chi connectivity index (χ2n) is 8.25. The van der Waals surface area contributed by atoms with Crippen LogP contribution in [0, 0.1) is 6.92 Å². The van der Waals surface area contributed by atoms with Crippen LogP contribution < -0.4 is 5.32 Å². The highest BCUT2D eigenvalue weighted by molar-refractivity contribution is 6.34. The number of pyridine rings is 1. The first-order valence-electron chi connectivity index (χ1n) is 10.6. The summed E-state index contributed by atoms with van der Waals surface area (Å²) in [6.07, 6.45) is 0. The number of phenols is 1. The minimum atomic E-state index is -0.318. The van der Waals surface area contributed by atoms with E-state index in [4.69, 9.17) is 4.98 Å². The number of nitrogens with one attached hydrogen (secondary N) is 1. The molecule has 1 aliphatic rings. The number of phenolic OH excluding ortho intramolecular Hbond substituents is 1. The highest BCUT2D eigenvalue weighted by Crippen LogP contribution is 2.45. The minimum absolute atomic E-state index is 0.108. The van der Waals surface area contributed by atoms with Gasteiger partial charge in [0.15, 0.2) is 11.6 Å². The van der Waals surface area contributed by atoms with Crippen molar-refractivity contribution < 1.29 is 14.7 Å². The van der Waals surface area contributed by atoms with E-state index in [1.165, 1.54) is 0 Å². The smallest absolute Gasteiger partial charge is 0.196 e. The van der Waals surface area contributed by atoms with Crippen LogP contribution in [-0.2, 0) is 0 Å². The Hall–Kier alpha value is -4.51. The summed E-state index contributed by atoms with van der Waals surface area (Å²) in [5.41, 5.74) is 4.03. The van der Waals surface area contributed by atoms with Gasteiger partial charge in [0.1, 0.15) is 5.75 Å². The van der Waals surface area contributed by atoms with Crippen molar-refractivity contribution in [2.45, 2.75) is 6.92 Å². The van der Waals surface area contributed by atoms with Crippen LogP contribution in [0.4, 0.5) is 11.4 Å². The van der Waals surface area contributed by atoms with Crippen molar-refractivity contribution in [3.63, 3.8) is 0 Å². The quantitative estimate of drug-likeness (QED) is 0.263. The van der Waals surface area contributed by atoms with Crippen LogP contribution >= 0.6 is 0 Å². The number of rotatable bonds is 2. The van der Waals surface area contributed by atoms with Gasteiger partial charge in [0.2, 0.25) is 0 Å². The molecule has 6 rings (SSSR count). The third-order valence-electron chi connectivity index (χ3n) is 6.14. The zero-order valence-electron chi connectivity index (χ0n) is 17.7. The van der Waals surface area contributed by atoms with Gasteiger partial charge in [-0.1, -0.05) is 60.2 Å². The molecule has 0 saturated carbocycles. The van der Waals surface area contributed by atoms with Crippen molar-refractivity contribution in [3.05, 3.63) is 107 Å². The predicted octanol–water partition coefficient (Wildman–Crippen LogP) is 5.92. The fourth-order valence-electron chi connectivity index (χ4n) is 4.48. The first-order valence-corrected chi connectivity index (χ1v) is 10.6. The predicted molar refractivity (Wildman–Crippen MR) is 129 cm³/mol. The standard InChI is InChI=1S/C28H18N2O3/c1-15-10-12-17(13-11-15)29-25-23-22(26(31)18-7-3-4-8-19(18)27(23)32)24-20(28(25)33)14-16-6-2-5-9-21(16)30-24/h2-14,29,33H,1H3. The molecule has 2 N–H and O–H groups in total. The third-order valence-corrected chi connectivity index (χ3v) is 6.14. The van der Waals surface area contributed by atoms with Crippen LogP contribution in [0.3, 0.4) is 0 Å². The maximum Gasteiger partial charge on any atom is 0.196 e. The summed E-state index contributed by atoms with van der Waals surface area (Å²) >= 11 is 0. The maximum absolute atomic E-state index is 13.7. The molecule has 0 aliphatic heterocycles. The Morgan fingerprint density at radius 3 is 2.15 bits per heavy atom. The molecule has 0 bridgehead atoms. The molecule has 0 unspecified atom stereocenters. The molecule has 5 aromatic rings. The fraction of sp³-hybridized carbons (Fsp3) is 0.0357. The lowest BCUT2D eigenvalue weighted by molar-refractivity contribution is 0.0980. The second-order valence-corrected chi connectivity index (χ2v) is 8.25. The molecule has 0 atom stereocenters. The van der Waals surface area contributed by atoms with Crippen LogP contribution in [0.25, 0.3) is 21.8 Å². The molecule has 0 spiro atoms.